The summed E-state index contributed by atoms with van der Waals surface area (Å²) in [5.74, 6) is -1.90. The molecule has 0 saturated carbocycles. The van der Waals surface area contributed by atoms with Crippen LogP contribution in [0.4, 0.5) is 9.18 Å². The van der Waals surface area contributed by atoms with Crippen molar-refractivity contribution in [2.75, 3.05) is 13.2 Å². The summed E-state index contributed by atoms with van der Waals surface area (Å²) in [5, 5.41) is 4.30. The smallest absolute Gasteiger partial charge is 0.331 e. The molecule has 6 nitrogen and oxygen atoms in total. The largest absolute Gasteiger partial charge is 0.452 e. The Morgan fingerprint density at radius 3 is 2.55 bits per heavy atom. The summed E-state index contributed by atoms with van der Waals surface area (Å²) in [7, 11) is 0. The van der Waals surface area contributed by atoms with Crippen molar-refractivity contribution in [1.29, 1.82) is 0 Å². The van der Waals surface area contributed by atoms with Crippen molar-refractivity contribution >= 4 is 24.0 Å². The first-order valence-electron chi connectivity index (χ1n) is 6.30. The SMILES string of the molecule is C=CCNC(=O)NC(=O)COC(=O)/C=C/c1ccc(F)cc1. The fourth-order valence-corrected chi connectivity index (χ4v) is 1.29. The summed E-state index contributed by atoms with van der Waals surface area (Å²) in [4.78, 5) is 33.8. The number of esters is 1. The number of carbonyl (C=O) groups is 3. The van der Waals surface area contributed by atoms with Crippen molar-refractivity contribution in [1.82, 2.24) is 10.6 Å². The van der Waals surface area contributed by atoms with Crippen LogP contribution >= 0.6 is 0 Å². The van der Waals surface area contributed by atoms with Crippen LogP contribution in [0.2, 0.25) is 0 Å². The van der Waals surface area contributed by atoms with Crippen LogP contribution in [0.1, 0.15) is 5.56 Å². The molecule has 0 aromatic heterocycles. The third kappa shape index (κ3) is 6.99. The van der Waals surface area contributed by atoms with E-state index in [1.165, 1.54) is 36.4 Å². The fourth-order valence-electron chi connectivity index (χ4n) is 1.29. The maximum atomic E-state index is 12.7. The summed E-state index contributed by atoms with van der Waals surface area (Å²) in [6.45, 7) is 3.01. The molecule has 0 radical (unpaired) electrons. The molecule has 0 spiro atoms. The van der Waals surface area contributed by atoms with Crippen LogP contribution in [0, 0.1) is 5.82 Å². The van der Waals surface area contributed by atoms with Crippen LogP contribution in [-0.4, -0.2) is 31.1 Å². The Balaban J connectivity index is 2.33. The lowest BCUT2D eigenvalue weighted by Gasteiger charge is -2.04. The lowest BCUT2D eigenvalue weighted by molar-refractivity contribution is -0.143. The highest BCUT2D eigenvalue weighted by Crippen LogP contribution is 2.04. The fraction of sp³-hybridized carbons (Fsp3) is 0.133. The number of benzene rings is 1. The molecule has 0 unspecified atom stereocenters. The summed E-state index contributed by atoms with van der Waals surface area (Å²) in [6, 6.07) is 4.76. The number of rotatable bonds is 6. The Morgan fingerprint density at radius 2 is 1.91 bits per heavy atom. The van der Waals surface area contributed by atoms with Gasteiger partial charge in [-0.15, -0.1) is 6.58 Å². The van der Waals surface area contributed by atoms with Gasteiger partial charge in [0, 0.05) is 12.6 Å². The number of nitrogens with one attached hydrogen (secondary N) is 2. The number of halogens is 1. The molecule has 22 heavy (non-hydrogen) atoms. The maximum absolute atomic E-state index is 12.7. The Bertz CT molecular complexity index is 582. The molecule has 3 amide bonds. The maximum Gasteiger partial charge on any atom is 0.331 e. The Morgan fingerprint density at radius 1 is 1.23 bits per heavy atom. The number of imide groups is 1. The molecular formula is C15H15FN2O4. The zero-order valence-electron chi connectivity index (χ0n) is 11.7. The van der Waals surface area contributed by atoms with Crippen molar-refractivity contribution in [3.8, 4) is 0 Å². The van der Waals surface area contributed by atoms with Gasteiger partial charge >= 0.3 is 12.0 Å². The third-order valence-electron chi connectivity index (χ3n) is 2.29. The molecule has 7 heteroatoms. The third-order valence-corrected chi connectivity index (χ3v) is 2.29. The standard InChI is InChI=1S/C15H15FN2O4/c1-2-9-17-15(21)18-13(19)10-22-14(20)8-5-11-3-6-12(16)7-4-11/h2-8H,1,9-10H2,(H2,17,18,19,21)/b8-5+. The Kier molecular flexibility index (Phi) is 7.04. The number of urea groups is 1. The molecule has 0 bridgehead atoms. The van der Waals surface area contributed by atoms with Crippen LogP contribution < -0.4 is 10.6 Å². The molecule has 1 aromatic carbocycles. The van der Waals surface area contributed by atoms with E-state index in [2.05, 4.69) is 16.6 Å². The van der Waals surface area contributed by atoms with Gasteiger partial charge in [-0.3, -0.25) is 10.1 Å². The van der Waals surface area contributed by atoms with Gasteiger partial charge in [-0.1, -0.05) is 18.2 Å². The van der Waals surface area contributed by atoms with E-state index >= 15 is 0 Å². The number of amides is 3. The van der Waals surface area contributed by atoms with Crippen molar-refractivity contribution in [2.24, 2.45) is 0 Å². The van der Waals surface area contributed by atoms with E-state index in [0.29, 0.717) is 5.56 Å². The summed E-state index contributed by atoms with van der Waals surface area (Å²) in [5.41, 5.74) is 0.603. The Labute approximate surface area is 126 Å². The molecule has 2 N–H and O–H groups in total. The first-order valence-corrected chi connectivity index (χ1v) is 6.30. The predicted molar refractivity (Wildman–Crippen MR) is 78.1 cm³/mol. The molecule has 0 fully saturated rings. The molecular weight excluding hydrogens is 291 g/mol. The van der Waals surface area contributed by atoms with Crippen molar-refractivity contribution in [3.63, 3.8) is 0 Å². The summed E-state index contributed by atoms with van der Waals surface area (Å²) < 4.78 is 17.3. The van der Waals surface area contributed by atoms with Gasteiger partial charge in [0.25, 0.3) is 5.91 Å². The molecule has 0 aliphatic carbocycles. The summed E-state index contributed by atoms with van der Waals surface area (Å²) in [6.07, 6.45) is 3.96. The van der Waals surface area contributed by atoms with Crippen molar-refractivity contribution < 1.29 is 23.5 Å². The van der Waals surface area contributed by atoms with Crippen LogP contribution in [0.5, 0.6) is 0 Å². The van der Waals surface area contributed by atoms with E-state index in [1.807, 2.05) is 5.32 Å². The minimum Gasteiger partial charge on any atom is -0.452 e. The van der Waals surface area contributed by atoms with E-state index in [9.17, 15) is 18.8 Å². The first-order chi connectivity index (χ1) is 10.5. The highest BCUT2D eigenvalue weighted by molar-refractivity contribution is 5.96. The van der Waals surface area contributed by atoms with Crippen LogP contribution in [0.25, 0.3) is 6.08 Å². The van der Waals surface area contributed by atoms with Gasteiger partial charge in [0.15, 0.2) is 6.61 Å². The van der Waals surface area contributed by atoms with Gasteiger partial charge in [0.05, 0.1) is 0 Å². The normalized spacial score (nSPS) is 10.0. The second-order valence-corrected chi connectivity index (χ2v) is 4.04. The number of ether oxygens (including phenoxy) is 1. The number of hydrogen-bond acceptors (Lipinski definition) is 4. The highest BCUT2D eigenvalue weighted by atomic mass is 19.1. The number of hydrogen-bond donors (Lipinski definition) is 2. The van der Waals surface area contributed by atoms with E-state index in [1.54, 1.807) is 0 Å². The Hall–Kier alpha value is -2.96. The molecule has 0 aliphatic rings. The molecule has 0 aliphatic heterocycles. The zero-order chi connectivity index (χ0) is 16.4. The molecule has 0 heterocycles. The van der Waals surface area contributed by atoms with Crippen LogP contribution in [0.15, 0.2) is 43.0 Å². The molecule has 0 atom stereocenters. The average Bonchev–Trinajstić information content (AvgIpc) is 2.50. The van der Waals surface area contributed by atoms with Gasteiger partial charge < -0.3 is 10.1 Å². The van der Waals surface area contributed by atoms with E-state index in [4.69, 9.17) is 0 Å². The molecule has 116 valence electrons. The first kappa shape index (κ1) is 17.1. The van der Waals surface area contributed by atoms with Gasteiger partial charge in [0.1, 0.15) is 5.82 Å². The molecule has 1 rings (SSSR count). The minimum atomic E-state index is -0.759. The minimum absolute atomic E-state index is 0.208. The topological polar surface area (TPSA) is 84.5 Å². The summed E-state index contributed by atoms with van der Waals surface area (Å²) >= 11 is 0. The predicted octanol–water partition coefficient (Wildman–Crippen LogP) is 1.39. The van der Waals surface area contributed by atoms with E-state index < -0.39 is 24.5 Å². The second kappa shape index (κ2) is 9.06. The lowest BCUT2D eigenvalue weighted by atomic mass is 10.2. The average molecular weight is 306 g/mol. The van der Waals surface area contributed by atoms with E-state index in [-0.39, 0.29) is 12.4 Å². The van der Waals surface area contributed by atoms with Crippen molar-refractivity contribution in [2.45, 2.75) is 0 Å². The van der Waals surface area contributed by atoms with Crippen LogP contribution in [-0.2, 0) is 14.3 Å². The molecule has 1 aromatic rings. The van der Waals surface area contributed by atoms with Crippen molar-refractivity contribution in [3.05, 3.63) is 54.4 Å². The van der Waals surface area contributed by atoms with Gasteiger partial charge in [0.2, 0.25) is 0 Å². The lowest BCUT2D eigenvalue weighted by Crippen LogP contribution is -2.41. The quantitative estimate of drug-likeness (QED) is 0.472. The highest BCUT2D eigenvalue weighted by Gasteiger charge is 2.08. The zero-order valence-corrected chi connectivity index (χ0v) is 11.7. The van der Waals surface area contributed by atoms with E-state index in [0.717, 1.165) is 6.08 Å². The monoisotopic (exact) mass is 306 g/mol. The molecule has 0 saturated heterocycles. The second-order valence-electron chi connectivity index (χ2n) is 4.04. The van der Waals surface area contributed by atoms with Gasteiger partial charge in [-0.05, 0) is 23.8 Å². The van der Waals surface area contributed by atoms with Crippen LogP contribution in [0.3, 0.4) is 0 Å². The number of carbonyl (C=O) groups excluding carboxylic acids is 3. The van der Waals surface area contributed by atoms with Gasteiger partial charge in [-0.2, -0.15) is 0 Å². The van der Waals surface area contributed by atoms with Gasteiger partial charge in [-0.25, -0.2) is 14.0 Å².